The lowest BCUT2D eigenvalue weighted by molar-refractivity contribution is 0.616. The highest BCUT2D eigenvalue weighted by Gasteiger charge is 2.13. The Labute approximate surface area is 134 Å². The molecule has 0 bridgehead atoms. The second kappa shape index (κ2) is 7.13. The quantitative estimate of drug-likeness (QED) is 0.495. The molecule has 0 heterocycles. The van der Waals surface area contributed by atoms with Gasteiger partial charge in [-0.2, -0.15) is 5.10 Å². The zero-order chi connectivity index (χ0) is 16.1. The second-order valence-electron chi connectivity index (χ2n) is 4.46. The third-order valence-corrected chi connectivity index (χ3v) is 3.53. The molecule has 2 rings (SSSR count). The van der Waals surface area contributed by atoms with Gasteiger partial charge in [0.1, 0.15) is 11.6 Å². The smallest absolute Gasteiger partial charge is 0.211 e. The standard InChI is InChI=1S/C15H13BrF2N4/c16-12-6-5-10(17)8-11(12)14(21-22-15(19)20)7-9-3-1-2-4-13(9)18/h1-6,8H,7H2,(H4,19,20,22)/b21-14+. The van der Waals surface area contributed by atoms with Crippen LogP contribution in [0.4, 0.5) is 8.78 Å². The highest BCUT2D eigenvalue weighted by Crippen LogP contribution is 2.21. The van der Waals surface area contributed by atoms with Gasteiger partial charge in [-0.05, 0) is 29.8 Å². The molecule has 0 aliphatic rings. The molecule has 0 spiro atoms. The average molecular weight is 367 g/mol. The Hall–Kier alpha value is -2.28. The van der Waals surface area contributed by atoms with Gasteiger partial charge in [-0.3, -0.25) is 0 Å². The maximum Gasteiger partial charge on any atom is 0.211 e. The largest absolute Gasteiger partial charge is 0.369 e. The van der Waals surface area contributed by atoms with E-state index in [-0.39, 0.29) is 18.2 Å². The molecule has 2 aromatic rings. The Balaban J connectivity index is 2.48. The molecule has 0 radical (unpaired) electrons. The number of nitrogens with zero attached hydrogens (tertiary/aromatic N) is 2. The van der Waals surface area contributed by atoms with Crippen molar-refractivity contribution in [1.82, 2.24) is 0 Å². The van der Waals surface area contributed by atoms with Gasteiger partial charge in [0.05, 0.1) is 5.71 Å². The van der Waals surface area contributed by atoms with Crippen molar-refractivity contribution in [3.8, 4) is 0 Å². The summed E-state index contributed by atoms with van der Waals surface area (Å²) in [5.74, 6) is -1.06. The van der Waals surface area contributed by atoms with Crippen LogP contribution in [0.5, 0.6) is 0 Å². The summed E-state index contributed by atoms with van der Waals surface area (Å²) in [6, 6.07) is 10.4. The summed E-state index contributed by atoms with van der Waals surface area (Å²) < 4.78 is 27.9. The molecule has 0 aliphatic carbocycles. The lowest BCUT2D eigenvalue weighted by Gasteiger charge is -2.09. The van der Waals surface area contributed by atoms with Crippen LogP contribution in [0.25, 0.3) is 0 Å². The highest BCUT2D eigenvalue weighted by molar-refractivity contribution is 9.10. The maximum atomic E-state index is 13.8. The molecule has 4 N–H and O–H groups in total. The van der Waals surface area contributed by atoms with Crippen LogP contribution in [-0.2, 0) is 6.42 Å². The van der Waals surface area contributed by atoms with Crippen LogP contribution < -0.4 is 11.5 Å². The van der Waals surface area contributed by atoms with Gasteiger partial charge >= 0.3 is 0 Å². The predicted molar refractivity (Wildman–Crippen MR) is 86.6 cm³/mol. The van der Waals surface area contributed by atoms with E-state index < -0.39 is 5.82 Å². The second-order valence-corrected chi connectivity index (χ2v) is 5.32. The third-order valence-electron chi connectivity index (χ3n) is 2.84. The van der Waals surface area contributed by atoms with E-state index in [4.69, 9.17) is 11.5 Å². The molecule has 0 saturated carbocycles. The van der Waals surface area contributed by atoms with Crippen LogP contribution in [-0.4, -0.2) is 11.7 Å². The molecule has 7 heteroatoms. The van der Waals surface area contributed by atoms with E-state index in [1.54, 1.807) is 18.2 Å². The Bertz CT molecular complexity index is 740. The van der Waals surface area contributed by atoms with Gasteiger partial charge in [-0.15, -0.1) is 5.10 Å². The van der Waals surface area contributed by atoms with Gasteiger partial charge in [0, 0.05) is 16.5 Å². The van der Waals surface area contributed by atoms with Crippen molar-refractivity contribution in [3.63, 3.8) is 0 Å². The molecular formula is C15H13BrF2N4. The van der Waals surface area contributed by atoms with Crippen LogP contribution in [0.15, 0.2) is 57.1 Å². The number of hydrogen-bond acceptors (Lipinski definition) is 2. The van der Waals surface area contributed by atoms with Crippen molar-refractivity contribution in [3.05, 3.63) is 69.7 Å². The molecular weight excluding hydrogens is 354 g/mol. The maximum absolute atomic E-state index is 13.8. The SMILES string of the molecule is NC(N)=N/N=C(\Cc1ccccc1F)c1cc(F)ccc1Br. The van der Waals surface area contributed by atoms with Gasteiger partial charge in [-0.1, -0.05) is 34.1 Å². The summed E-state index contributed by atoms with van der Waals surface area (Å²) in [6.45, 7) is 0. The van der Waals surface area contributed by atoms with E-state index in [9.17, 15) is 8.78 Å². The van der Waals surface area contributed by atoms with Gasteiger partial charge in [0.2, 0.25) is 5.96 Å². The third kappa shape index (κ3) is 4.11. The molecule has 2 aromatic carbocycles. The fraction of sp³-hybridized carbons (Fsp3) is 0.0667. The number of hydrogen-bond donors (Lipinski definition) is 2. The highest BCUT2D eigenvalue weighted by atomic mass is 79.9. The van der Waals surface area contributed by atoms with E-state index in [1.165, 1.54) is 24.3 Å². The minimum absolute atomic E-state index is 0.117. The van der Waals surface area contributed by atoms with Gasteiger partial charge in [-0.25, -0.2) is 8.78 Å². The molecule has 4 nitrogen and oxygen atoms in total. The van der Waals surface area contributed by atoms with Crippen LogP contribution in [0.1, 0.15) is 11.1 Å². The van der Waals surface area contributed by atoms with E-state index in [0.29, 0.717) is 21.3 Å². The minimum atomic E-state index is -0.441. The van der Waals surface area contributed by atoms with Crippen molar-refractivity contribution in [2.45, 2.75) is 6.42 Å². The van der Waals surface area contributed by atoms with Crippen molar-refractivity contribution < 1.29 is 8.78 Å². The molecule has 0 aliphatic heterocycles. The van der Waals surface area contributed by atoms with Crippen molar-refractivity contribution in [1.29, 1.82) is 0 Å². The molecule has 0 unspecified atom stereocenters. The first kappa shape index (κ1) is 16.1. The van der Waals surface area contributed by atoms with Gasteiger partial charge < -0.3 is 11.5 Å². The molecule has 22 heavy (non-hydrogen) atoms. The minimum Gasteiger partial charge on any atom is -0.369 e. The fourth-order valence-corrected chi connectivity index (χ4v) is 2.32. The summed E-state index contributed by atoms with van der Waals surface area (Å²) in [7, 11) is 0. The van der Waals surface area contributed by atoms with Crippen LogP contribution in [0.2, 0.25) is 0 Å². The first-order chi connectivity index (χ1) is 10.5. The van der Waals surface area contributed by atoms with E-state index >= 15 is 0 Å². The number of guanidine groups is 1. The molecule has 0 amide bonds. The van der Waals surface area contributed by atoms with Crippen molar-refractivity contribution >= 4 is 27.6 Å². The first-order valence-electron chi connectivity index (χ1n) is 6.31. The fourth-order valence-electron chi connectivity index (χ4n) is 1.84. The Kier molecular flexibility index (Phi) is 5.21. The summed E-state index contributed by atoms with van der Waals surface area (Å²) in [6.07, 6.45) is 0.117. The number of nitrogens with two attached hydrogens (primary N) is 2. The van der Waals surface area contributed by atoms with Crippen LogP contribution in [0.3, 0.4) is 0 Å². The Morgan fingerprint density at radius 3 is 2.45 bits per heavy atom. The topological polar surface area (TPSA) is 76.8 Å². The molecule has 0 aromatic heterocycles. The van der Waals surface area contributed by atoms with E-state index in [2.05, 4.69) is 26.1 Å². The monoisotopic (exact) mass is 366 g/mol. The lowest BCUT2D eigenvalue weighted by Crippen LogP contribution is -2.22. The Morgan fingerprint density at radius 2 is 1.77 bits per heavy atom. The number of halogens is 3. The van der Waals surface area contributed by atoms with E-state index in [1.807, 2.05) is 0 Å². The Morgan fingerprint density at radius 1 is 1.05 bits per heavy atom. The van der Waals surface area contributed by atoms with Crippen molar-refractivity contribution in [2.75, 3.05) is 0 Å². The lowest BCUT2D eigenvalue weighted by atomic mass is 10.0. The first-order valence-corrected chi connectivity index (χ1v) is 7.11. The summed E-state index contributed by atoms with van der Waals surface area (Å²) in [5.41, 5.74) is 11.7. The zero-order valence-corrected chi connectivity index (χ0v) is 13.0. The van der Waals surface area contributed by atoms with Crippen LogP contribution >= 0.6 is 15.9 Å². The zero-order valence-electron chi connectivity index (χ0n) is 11.4. The molecule has 114 valence electrons. The molecule has 0 saturated heterocycles. The van der Waals surface area contributed by atoms with Crippen LogP contribution in [0, 0.1) is 11.6 Å². The predicted octanol–water partition coefficient (Wildman–Crippen LogP) is 2.95. The summed E-state index contributed by atoms with van der Waals surface area (Å²) >= 11 is 3.32. The summed E-state index contributed by atoms with van der Waals surface area (Å²) in [5, 5.41) is 7.52. The van der Waals surface area contributed by atoms with Gasteiger partial charge in [0.15, 0.2) is 0 Å². The average Bonchev–Trinajstić information content (AvgIpc) is 2.48. The number of rotatable bonds is 4. The van der Waals surface area contributed by atoms with Gasteiger partial charge in [0.25, 0.3) is 0 Å². The molecule has 0 fully saturated rings. The van der Waals surface area contributed by atoms with Crippen molar-refractivity contribution in [2.24, 2.45) is 21.7 Å². The number of benzene rings is 2. The van der Waals surface area contributed by atoms with E-state index in [0.717, 1.165) is 0 Å². The molecule has 0 atom stereocenters. The summed E-state index contributed by atoms with van der Waals surface area (Å²) in [4.78, 5) is 0. The normalized spacial score (nSPS) is 11.3.